The van der Waals surface area contributed by atoms with Crippen molar-refractivity contribution in [2.24, 2.45) is 7.05 Å². The van der Waals surface area contributed by atoms with Crippen molar-refractivity contribution in [1.29, 1.82) is 0 Å². The van der Waals surface area contributed by atoms with Gasteiger partial charge in [0.1, 0.15) is 6.54 Å². The molecular weight excluding hydrogens is 358 g/mol. The standard InChI is InChI=1S/C20H29N5O3/c1-4-23(5-2)18(26)14-22-10-12-24(13-11-22)19(27)15-25-17-9-7-6-8-16(17)21(3)20(25)28/h6-9H,4-5,10-15H2,1-3H3. The molecule has 8 heteroatoms. The third-order valence-corrected chi connectivity index (χ3v) is 5.55. The molecule has 0 bridgehead atoms. The Hall–Kier alpha value is -2.61. The summed E-state index contributed by atoms with van der Waals surface area (Å²) in [5.74, 6) is 0.0697. The number of benzene rings is 1. The quantitative estimate of drug-likeness (QED) is 0.717. The fourth-order valence-corrected chi connectivity index (χ4v) is 3.77. The SMILES string of the molecule is CCN(CC)C(=O)CN1CCN(C(=O)Cn2c(=O)n(C)c3ccccc32)CC1. The molecule has 0 N–H and O–H groups in total. The minimum absolute atomic E-state index is 0.0402. The van der Waals surface area contributed by atoms with Gasteiger partial charge < -0.3 is 9.80 Å². The zero-order valence-electron chi connectivity index (χ0n) is 16.9. The molecule has 1 aromatic heterocycles. The van der Waals surface area contributed by atoms with Gasteiger partial charge in [0.05, 0.1) is 17.6 Å². The summed E-state index contributed by atoms with van der Waals surface area (Å²) < 4.78 is 3.10. The van der Waals surface area contributed by atoms with Crippen LogP contribution in [0.15, 0.2) is 29.1 Å². The maximum Gasteiger partial charge on any atom is 0.329 e. The molecule has 0 aliphatic carbocycles. The van der Waals surface area contributed by atoms with Gasteiger partial charge in [0.15, 0.2) is 0 Å². The van der Waals surface area contributed by atoms with E-state index in [1.807, 2.05) is 43.0 Å². The van der Waals surface area contributed by atoms with E-state index < -0.39 is 0 Å². The Bertz CT molecular complexity index is 904. The first-order valence-corrected chi connectivity index (χ1v) is 9.88. The molecule has 2 aromatic rings. The lowest BCUT2D eigenvalue weighted by atomic mass is 10.3. The van der Waals surface area contributed by atoms with Crippen molar-refractivity contribution in [3.63, 3.8) is 0 Å². The number of hydrogen-bond donors (Lipinski definition) is 0. The molecule has 2 amide bonds. The van der Waals surface area contributed by atoms with E-state index in [9.17, 15) is 14.4 Å². The third kappa shape index (κ3) is 3.96. The van der Waals surface area contributed by atoms with E-state index in [-0.39, 0.29) is 24.0 Å². The van der Waals surface area contributed by atoms with E-state index in [4.69, 9.17) is 0 Å². The number of carbonyl (C=O) groups is 2. The molecule has 1 saturated heterocycles. The normalized spacial score (nSPS) is 15.2. The molecule has 8 nitrogen and oxygen atoms in total. The van der Waals surface area contributed by atoms with Gasteiger partial charge in [0, 0.05) is 46.3 Å². The minimum atomic E-state index is -0.182. The predicted molar refractivity (Wildman–Crippen MR) is 108 cm³/mol. The molecule has 1 fully saturated rings. The highest BCUT2D eigenvalue weighted by molar-refractivity contribution is 5.81. The monoisotopic (exact) mass is 387 g/mol. The number of nitrogens with zero attached hydrogens (tertiary/aromatic N) is 5. The van der Waals surface area contributed by atoms with Gasteiger partial charge in [-0.3, -0.25) is 23.6 Å². The van der Waals surface area contributed by atoms with Crippen LogP contribution in [0.2, 0.25) is 0 Å². The highest BCUT2D eigenvalue weighted by Gasteiger charge is 2.24. The van der Waals surface area contributed by atoms with Crippen LogP contribution in [0.3, 0.4) is 0 Å². The number of fused-ring (bicyclic) bond motifs is 1. The summed E-state index contributed by atoms with van der Waals surface area (Å²) >= 11 is 0. The van der Waals surface area contributed by atoms with Crippen molar-refractivity contribution in [1.82, 2.24) is 23.8 Å². The average Bonchev–Trinajstić information content (AvgIpc) is 2.94. The number of hydrogen-bond acceptors (Lipinski definition) is 4. The Kier molecular flexibility index (Phi) is 6.18. The van der Waals surface area contributed by atoms with Gasteiger partial charge in [-0.25, -0.2) is 4.79 Å². The minimum Gasteiger partial charge on any atom is -0.342 e. The molecule has 0 saturated carbocycles. The topological polar surface area (TPSA) is 70.8 Å². The van der Waals surface area contributed by atoms with Crippen LogP contribution in [0.4, 0.5) is 0 Å². The van der Waals surface area contributed by atoms with E-state index in [1.165, 1.54) is 4.57 Å². The first kappa shape index (κ1) is 20.1. The van der Waals surface area contributed by atoms with Gasteiger partial charge in [-0.2, -0.15) is 0 Å². The fourth-order valence-electron chi connectivity index (χ4n) is 3.77. The van der Waals surface area contributed by atoms with Crippen LogP contribution < -0.4 is 5.69 Å². The van der Waals surface area contributed by atoms with Crippen LogP contribution in [-0.2, 0) is 23.2 Å². The molecule has 28 heavy (non-hydrogen) atoms. The summed E-state index contributed by atoms with van der Waals surface area (Å²) in [6.07, 6.45) is 0. The molecule has 0 spiro atoms. The van der Waals surface area contributed by atoms with Crippen molar-refractivity contribution < 1.29 is 9.59 Å². The Balaban J connectivity index is 1.60. The third-order valence-electron chi connectivity index (χ3n) is 5.55. The maximum absolute atomic E-state index is 12.8. The zero-order valence-corrected chi connectivity index (χ0v) is 16.9. The van der Waals surface area contributed by atoms with Crippen LogP contribution in [0.1, 0.15) is 13.8 Å². The van der Waals surface area contributed by atoms with Crippen molar-refractivity contribution in [3.8, 4) is 0 Å². The first-order chi connectivity index (χ1) is 13.5. The van der Waals surface area contributed by atoms with Crippen molar-refractivity contribution in [2.75, 3.05) is 45.8 Å². The van der Waals surface area contributed by atoms with Gasteiger partial charge in [-0.05, 0) is 26.0 Å². The molecule has 1 aliphatic heterocycles. The number of likely N-dealkylation sites (N-methyl/N-ethyl adjacent to an activating group) is 1. The summed E-state index contributed by atoms with van der Waals surface area (Å²) in [6, 6.07) is 7.49. The molecular formula is C20H29N5O3. The molecule has 3 rings (SSSR count). The first-order valence-electron chi connectivity index (χ1n) is 9.88. The highest BCUT2D eigenvalue weighted by Crippen LogP contribution is 2.12. The summed E-state index contributed by atoms with van der Waals surface area (Å²) in [4.78, 5) is 43.2. The lowest BCUT2D eigenvalue weighted by molar-refractivity contribution is -0.135. The zero-order chi connectivity index (χ0) is 20.3. The molecule has 2 heterocycles. The lowest BCUT2D eigenvalue weighted by Gasteiger charge is -2.35. The van der Waals surface area contributed by atoms with Crippen molar-refractivity contribution in [2.45, 2.75) is 20.4 Å². The van der Waals surface area contributed by atoms with Crippen LogP contribution in [0.5, 0.6) is 0 Å². The van der Waals surface area contributed by atoms with E-state index in [0.717, 1.165) is 11.0 Å². The second-order valence-electron chi connectivity index (χ2n) is 7.14. The number of rotatable bonds is 6. The van der Waals surface area contributed by atoms with Gasteiger partial charge in [-0.15, -0.1) is 0 Å². The van der Waals surface area contributed by atoms with Gasteiger partial charge in [0.25, 0.3) is 0 Å². The lowest BCUT2D eigenvalue weighted by Crippen LogP contribution is -2.52. The van der Waals surface area contributed by atoms with Gasteiger partial charge in [0.2, 0.25) is 11.8 Å². The fraction of sp³-hybridized carbons (Fsp3) is 0.550. The summed E-state index contributed by atoms with van der Waals surface area (Å²) in [7, 11) is 1.72. The number of aromatic nitrogens is 2. The van der Waals surface area contributed by atoms with E-state index in [2.05, 4.69) is 4.90 Å². The highest BCUT2D eigenvalue weighted by atomic mass is 16.2. The van der Waals surface area contributed by atoms with Crippen LogP contribution >= 0.6 is 0 Å². The largest absolute Gasteiger partial charge is 0.342 e. The number of carbonyl (C=O) groups excluding carboxylic acids is 2. The number of aryl methyl sites for hydroxylation is 1. The van der Waals surface area contributed by atoms with Gasteiger partial charge >= 0.3 is 5.69 Å². The molecule has 1 aliphatic rings. The molecule has 1 aromatic carbocycles. The van der Waals surface area contributed by atoms with Crippen molar-refractivity contribution >= 4 is 22.8 Å². The van der Waals surface area contributed by atoms with Crippen LogP contribution in [0.25, 0.3) is 11.0 Å². The van der Waals surface area contributed by atoms with Crippen LogP contribution in [-0.4, -0.2) is 81.5 Å². The smallest absolute Gasteiger partial charge is 0.329 e. The Morgan fingerprint density at radius 3 is 2.18 bits per heavy atom. The Labute approximate surface area is 164 Å². The number of imidazole rings is 1. The number of piperazine rings is 1. The van der Waals surface area contributed by atoms with Crippen LogP contribution in [0, 0.1) is 0 Å². The van der Waals surface area contributed by atoms with E-state index in [0.29, 0.717) is 45.8 Å². The Morgan fingerprint density at radius 2 is 1.57 bits per heavy atom. The number of para-hydroxylation sites is 2. The predicted octanol–water partition coefficient (Wildman–Crippen LogP) is 0.353. The average molecular weight is 387 g/mol. The summed E-state index contributed by atoms with van der Waals surface area (Å²) in [5.41, 5.74) is 1.41. The second-order valence-corrected chi connectivity index (χ2v) is 7.14. The van der Waals surface area contributed by atoms with Gasteiger partial charge in [-0.1, -0.05) is 12.1 Å². The molecule has 0 unspecified atom stereocenters. The molecule has 0 radical (unpaired) electrons. The van der Waals surface area contributed by atoms with Crippen molar-refractivity contribution in [3.05, 3.63) is 34.7 Å². The second kappa shape index (κ2) is 8.60. The summed E-state index contributed by atoms with van der Waals surface area (Å²) in [5, 5.41) is 0. The molecule has 0 atom stereocenters. The molecule has 152 valence electrons. The Morgan fingerprint density at radius 1 is 0.964 bits per heavy atom. The van der Waals surface area contributed by atoms with E-state index >= 15 is 0 Å². The van der Waals surface area contributed by atoms with E-state index in [1.54, 1.807) is 16.5 Å². The number of amides is 2. The maximum atomic E-state index is 12.8. The summed E-state index contributed by atoms with van der Waals surface area (Å²) in [6.45, 7) is 8.31.